The van der Waals surface area contributed by atoms with Crippen LogP contribution in [0.2, 0.25) is 0 Å². The Balaban J connectivity index is 2.18. The van der Waals surface area contributed by atoms with E-state index in [9.17, 15) is 19.8 Å². The molecule has 0 spiro atoms. The molecule has 0 bridgehead atoms. The SMILES string of the molecule is C[C@H]1CCC[C@@]2(C)CCC[C@H]2CCOC(=O)C[C@H](O)C(C)(C)C(=O)[C@H](C)[C@H]1O. The second-order valence-corrected chi connectivity index (χ2v) is 10.2. The fourth-order valence-electron chi connectivity index (χ4n) is 5.31. The van der Waals surface area contributed by atoms with Gasteiger partial charge in [-0.25, -0.2) is 0 Å². The van der Waals surface area contributed by atoms with Gasteiger partial charge in [0.25, 0.3) is 0 Å². The van der Waals surface area contributed by atoms with Gasteiger partial charge in [0.05, 0.1) is 30.7 Å². The van der Waals surface area contributed by atoms with Gasteiger partial charge in [-0.05, 0) is 49.4 Å². The van der Waals surface area contributed by atoms with Crippen LogP contribution in [-0.2, 0) is 14.3 Å². The first-order chi connectivity index (χ1) is 13.0. The Hall–Kier alpha value is -0.940. The molecule has 0 radical (unpaired) electrons. The average molecular weight is 397 g/mol. The standard InChI is InChI=1S/C23H40O5/c1-15-8-6-11-23(5)12-7-9-17(23)10-13-28-19(25)14-18(24)22(3,4)21(27)16(2)20(15)26/h15-18,20,24,26H,6-14H2,1-5H3/t15-,16+,17-,18-,20-,23-/m0/s1. The molecular weight excluding hydrogens is 356 g/mol. The Kier molecular flexibility index (Phi) is 7.71. The molecule has 1 aliphatic carbocycles. The van der Waals surface area contributed by atoms with E-state index in [0.717, 1.165) is 25.7 Å². The van der Waals surface area contributed by atoms with Gasteiger partial charge in [-0.15, -0.1) is 0 Å². The minimum absolute atomic E-state index is 0.0215. The lowest BCUT2D eigenvalue weighted by Gasteiger charge is -2.35. The van der Waals surface area contributed by atoms with E-state index in [4.69, 9.17) is 4.74 Å². The van der Waals surface area contributed by atoms with Gasteiger partial charge in [-0.2, -0.15) is 0 Å². The van der Waals surface area contributed by atoms with Crippen LogP contribution >= 0.6 is 0 Å². The van der Waals surface area contributed by atoms with Gasteiger partial charge in [-0.1, -0.05) is 47.5 Å². The molecule has 2 N–H and O–H groups in total. The molecule has 1 aliphatic heterocycles. The van der Waals surface area contributed by atoms with E-state index in [0.29, 0.717) is 12.5 Å². The first kappa shape index (κ1) is 23.3. The summed E-state index contributed by atoms with van der Waals surface area (Å²) in [6.45, 7) is 9.75. The van der Waals surface area contributed by atoms with Gasteiger partial charge < -0.3 is 14.9 Å². The van der Waals surface area contributed by atoms with Crippen LogP contribution in [-0.4, -0.2) is 40.8 Å². The number of fused-ring (bicyclic) bond motifs is 1. The number of aliphatic hydroxyl groups is 2. The molecule has 2 aliphatic rings. The zero-order valence-electron chi connectivity index (χ0n) is 18.4. The van der Waals surface area contributed by atoms with Crippen LogP contribution in [0.4, 0.5) is 0 Å². The molecule has 162 valence electrons. The fraction of sp³-hybridized carbons (Fsp3) is 0.913. The van der Waals surface area contributed by atoms with E-state index in [1.807, 2.05) is 6.92 Å². The first-order valence-corrected chi connectivity index (χ1v) is 11.0. The molecule has 0 unspecified atom stereocenters. The highest BCUT2D eigenvalue weighted by atomic mass is 16.5. The summed E-state index contributed by atoms with van der Waals surface area (Å²) < 4.78 is 5.40. The van der Waals surface area contributed by atoms with Crippen molar-refractivity contribution in [1.82, 2.24) is 0 Å². The van der Waals surface area contributed by atoms with Crippen LogP contribution in [0.5, 0.6) is 0 Å². The number of hydrogen-bond acceptors (Lipinski definition) is 5. The Morgan fingerprint density at radius 2 is 1.57 bits per heavy atom. The topological polar surface area (TPSA) is 83.8 Å². The van der Waals surface area contributed by atoms with E-state index in [1.165, 1.54) is 19.3 Å². The van der Waals surface area contributed by atoms with Crippen molar-refractivity contribution in [3.63, 3.8) is 0 Å². The average Bonchev–Trinajstić information content (AvgIpc) is 2.99. The van der Waals surface area contributed by atoms with Crippen molar-refractivity contribution >= 4 is 11.8 Å². The number of carbonyl (C=O) groups is 2. The molecule has 6 atom stereocenters. The number of carbonyl (C=O) groups excluding carboxylic acids is 2. The van der Waals surface area contributed by atoms with Crippen molar-refractivity contribution in [2.45, 2.75) is 98.2 Å². The van der Waals surface area contributed by atoms with E-state index in [-0.39, 0.29) is 23.5 Å². The number of ketones is 1. The monoisotopic (exact) mass is 396 g/mol. The molecule has 0 aromatic rings. The minimum atomic E-state index is -1.12. The molecule has 0 aromatic carbocycles. The number of esters is 1. The molecule has 1 heterocycles. The summed E-state index contributed by atoms with van der Waals surface area (Å²) in [7, 11) is 0. The van der Waals surface area contributed by atoms with Gasteiger partial charge >= 0.3 is 5.97 Å². The van der Waals surface area contributed by atoms with Gasteiger partial charge in [-0.3, -0.25) is 9.59 Å². The smallest absolute Gasteiger partial charge is 0.308 e. The Morgan fingerprint density at radius 1 is 0.964 bits per heavy atom. The molecular formula is C23H40O5. The summed E-state index contributed by atoms with van der Waals surface area (Å²) in [6, 6.07) is 0. The summed E-state index contributed by atoms with van der Waals surface area (Å²) in [5.41, 5.74) is -0.850. The van der Waals surface area contributed by atoms with Crippen LogP contribution in [0.1, 0.15) is 86.0 Å². The first-order valence-electron chi connectivity index (χ1n) is 11.0. The highest BCUT2D eigenvalue weighted by Gasteiger charge is 2.43. The van der Waals surface area contributed by atoms with Gasteiger partial charge in [0.15, 0.2) is 0 Å². The third-order valence-corrected chi connectivity index (χ3v) is 7.76. The largest absolute Gasteiger partial charge is 0.466 e. The van der Waals surface area contributed by atoms with Crippen LogP contribution in [0, 0.1) is 28.6 Å². The summed E-state index contributed by atoms with van der Waals surface area (Å²) in [5.74, 6) is -0.675. The number of ether oxygens (including phenoxy) is 1. The van der Waals surface area contributed by atoms with Crippen molar-refractivity contribution in [3.05, 3.63) is 0 Å². The van der Waals surface area contributed by atoms with Crippen molar-refractivity contribution in [2.75, 3.05) is 6.61 Å². The van der Waals surface area contributed by atoms with Gasteiger partial charge in [0, 0.05) is 5.92 Å². The maximum atomic E-state index is 13.0. The maximum Gasteiger partial charge on any atom is 0.308 e. The van der Waals surface area contributed by atoms with E-state index in [1.54, 1.807) is 20.8 Å². The normalized spacial score (nSPS) is 41.3. The highest BCUT2D eigenvalue weighted by molar-refractivity contribution is 5.87. The lowest BCUT2D eigenvalue weighted by Crippen LogP contribution is -2.45. The maximum absolute atomic E-state index is 13.0. The Bertz CT molecular complexity index is 557. The molecule has 1 saturated heterocycles. The summed E-state index contributed by atoms with van der Waals surface area (Å²) in [4.78, 5) is 25.2. The second-order valence-electron chi connectivity index (χ2n) is 10.2. The molecule has 28 heavy (non-hydrogen) atoms. The van der Waals surface area contributed by atoms with Crippen molar-refractivity contribution in [1.29, 1.82) is 0 Å². The van der Waals surface area contributed by atoms with E-state index >= 15 is 0 Å². The third kappa shape index (κ3) is 5.15. The van der Waals surface area contributed by atoms with E-state index < -0.39 is 29.5 Å². The third-order valence-electron chi connectivity index (χ3n) is 7.76. The number of hydrogen-bond donors (Lipinski definition) is 2. The predicted octanol–water partition coefficient (Wildman–Crippen LogP) is 3.89. The second kappa shape index (κ2) is 9.25. The van der Waals surface area contributed by atoms with E-state index in [2.05, 4.69) is 6.92 Å². The van der Waals surface area contributed by atoms with Crippen LogP contribution < -0.4 is 0 Å². The van der Waals surface area contributed by atoms with Crippen LogP contribution in [0.15, 0.2) is 0 Å². The molecule has 2 fully saturated rings. The molecule has 5 heteroatoms. The minimum Gasteiger partial charge on any atom is -0.466 e. The van der Waals surface area contributed by atoms with Crippen molar-refractivity contribution in [2.24, 2.45) is 28.6 Å². The predicted molar refractivity (Wildman–Crippen MR) is 109 cm³/mol. The Morgan fingerprint density at radius 3 is 2.21 bits per heavy atom. The molecule has 0 aromatic heterocycles. The quantitative estimate of drug-likeness (QED) is 0.607. The Labute approximate surface area is 170 Å². The highest BCUT2D eigenvalue weighted by Crippen LogP contribution is 2.48. The fourth-order valence-corrected chi connectivity index (χ4v) is 5.31. The van der Waals surface area contributed by atoms with Gasteiger partial charge in [0.1, 0.15) is 5.78 Å². The van der Waals surface area contributed by atoms with Crippen molar-refractivity contribution in [3.8, 4) is 0 Å². The molecule has 0 amide bonds. The van der Waals surface area contributed by atoms with Crippen molar-refractivity contribution < 1.29 is 24.5 Å². The molecule has 2 rings (SSSR count). The zero-order valence-corrected chi connectivity index (χ0v) is 18.4. The van der Waals surface area contributed by atoms with Crippen LogP contribution in [0.3, 0.4) is 0 Å². The number of aliphatic hydroxyl groups excluding tert-OH is 2. The number of Topliss-reactive ketones (excluding diaryl/α,β-unsaturated/α-hetero) is 1. The summed E-state index contributed by atoms with van der Waals surface area (Å²) >= 11 is 0. The number of rotatable bonds is 0. The lowest BCUT2D eigenvalue weighted by molar-refractivity contribution is -0.152. The zero-order chi connectivity index (χ0) is 21.1. The molecule has 1 saturated carbocycles. The van der Waals surface area contributed by atoms with Crippen LogP contribution in [0.25, 0.3) is 0 Å². The number of cyclic esters (lactones) is 1. The van der Waals surface area contributed by atoms with Gasteiger partial charge in [0.2, 0.25) is 0 Å². The summed E-state index contributed by atoms with van der Waals surface area (Å²) in [6.07, 6.45) is 5.40. The summed E-state index contributed by atoms with van der Waals surface area (Å²) in [5, 5.41) is 21.3. The lowest BCUT2D eigenvalue weighted by atomic mass is 9.71. The molecule has 5 nitrogen and oxygen atoms in total.